The summed E-state index contributed by atoms with van der Waals surface area (Å²) in [5, 5.41) is 0. The zero-order valence-electron chi connectivity index (χ0n) is 16.1. The Hall–Kier alpha value is -1.80. The summed E-state index contributed by atoms with van der Waals surface area (Å²) in [5.74, 6) is 1.26. The summed E-state index contributed by atoms with van der Waals surface area (Å²) < 4.78 is 35.8. The zero-order chi connectivity index (χ0) is 19.5. The van der Waals surface area contributed by atoms with Crippen molar-refractivity contribution in [2.45, 2.75) is 26.8 Å². The molecular formula is C18H28N2O5S. The van der Waals surface area contributed by atoms with Gasteiger partial charge in [0.25, 0.3) is 0 Å². The van der Waals surface area contributed by atoms with Gasteiger partial charge in [0.1, 0.15) is 0 Å². The van der Waals surface area contributed by atoms with Crippen molar-refractivity contribution >= 4 is 15.9 Å². The number of hydrogen-bond acceptors (Lipinski definition) is 5. The lowest BCUT2D eigenvalue weighted by atomic mass is 9.98. The standard InChI is InChI=1S/C18H28N2O5S/c1-13(2)10-20(26(5,22)23)12-18(21)19-7-6-14-8-16(24-3)17(25-4)9-15(14)11-19/h8-9,13H,6-7,10-12H2,1-5H3. The molecule has 1 aliphatic rings. The van der Waals surface area contributed by atoms with Crippen molar-refractivity contribution < 1.29 is 22.7 Å². The number of carbonyl (C=O) groups is 1. The molecule has 0 bridgehead atoms. The van der Waals surface area contributed by atoms with Gasteiger partial charge >= 0.3 is 0 Å². The van der Waals surface area contributed by atoms with Gasteiger partial charge in [-0.25, -0.2) is 8.42 Å². The van der Waals surface area contributed by atoms with E-state index in [9.17, 15) is 13.2 Å². The molecule has 1 heterocycles. The van der Waals surface area contributed by atoms with Crippen molar-refractivity contribution in [3.63, 3.8) is 0 Å². The van der Waals surface area contributed by atoms with Crippen LogP contribution in [0, 0.1) is 5.92 Å². The van der Waals surface area contributed by atoms with E-state index in [0.717, 1.165) is 17.4 Å². The lowest BCUT2D eigenvalue weighted by molar-refractivity contribution is -0.132. The number of methoxy groups -OCH3 is 2. The Morgan fingerprint density at radius 3 is 2.27 bits per heavy atom. The number of fused-ring (bicyclic) bond motifs is 1. The first-order valence-electron chi connectivity index (χ1n) is 8.62. The first-order valence-corrected chi connectivity index (χ1v) is 10.5. The molecule has 0 saturated carbocycles. The van der Waals surface area contributed by atoms with Gasteiger partial charge in [0.05, 0.1) is 27.0 Å². The van der Waals surface area contributed by atoms with E-state index in [1.54, 1.807) is 19.1 Å². The molecule has 0 unspecified atom stereocenters. The molecule has 1 aromatic rings. The smallest absolute Gasteiger partial charge is 0.238 e. The third-order valence-electron chi connectivity index (χ3n) is 4.42. The minimum Gasteiger partial charge on any atom is -0.493 e. The maximum Gasteiger partial charge on any atom is 0.238 e. The highest BCUT2D eigenvalue weighted by molar-refractivity contribution is 7.88. The summed E-state index contributed by atoms with van der Waals surface area (Å²) >= 11 is 0. The number of sulfonamides is 1. The number of ether oxygens (including phenoxy) is 2. The molecule has 0 aromatic heterocycles. The Kier molecular flexibility index (Phi) is 6.52. The Morgan fingerprint density at radius 2 is 1.77 bits per heavy atom. The van der Waals surface area contributed by atoms with E-state index in [1.165, 1.54) is 4.31 Å². The minimum absolute atomic E-state index is 0.125. The molecule has 0 aliphatic carbocycles. The summed E-state index contributed by atoms with van der Waals surface area (Å²) in [7, 11) is -0.255. The van der Waals surface area contributed by atoms with Crippen LogP contribution < -0.4 is 9.47 Å². The molecule has 2 rings (SSSR count). The van der Waals surface area contributed by atoms with Gasteiger partial charge in [0.15, 0.2) is 11.5 Å². The van der Waals surface area contributed by atoms with E-state index in [1.807, 2.05) is 26.0 Å². The topological polar surface area (TPSA) is 76.2 Å². The summed E-state index contributed by atoms with van der Waals surface area (Å²) in [5.41, 5.74) is 2.12. The van der Waals surface area contributed by atoms with E-state index < -0.39 is 10.0 Å². The largest absolute Gasteiger partial charge is 0.493 e. The molecular weight excluding hydrogens is 356 g/mol. The van der Waals surface area contributed by atoms with E-state index in [4.69, 9.17) is 9.47 Å². The molecule has 1 aliphatic heterocycles. The number of hydrogen-bond donors (Lipinski definition) is 0. The monoisotopic (exact) mass is 384 g/mol. The number of benzene rings is 1. The van der Waals surface area contributed by atoms with Gasteiger partial charge in [-0.15, -0.1) is 0 Å². The van der Waals surface area contributed by atoms with E-state index in [-0.39, 0.29) is 18.4 Å². The number of rotatable bonds is 7. The Labute approximate surface area is 155 Å². The summed E-state index contributed by atoms with van der Waals surface area (Å²) in [6.07, 6.45) is 1.84. The van der Waals surface area contributed by atoms with Gasteiger partial charge in [0, 0.05) is 19.6 Å². The van der Waals surface area contributed by atoms with Gasteiger partial charge in [-0.1, -0.05) is 13.8 Å². The van der Waals surface area contributed by atoms with Crippen molar-refractivity contribution in [3.05, 3.63) is 23.3 Å². The van der Waals surface area contributed by atoms with Crippen LogP contribution in [0.15, 0.2) is 12.1 Å². The average molecular weight is 384 g/mol. The van der Waals surface area contributed by atoms with Crippen molar-refractivity contribution in [1.29, 1.82) is 0 Å². The molecule has 0 fully saturated rings. The fourth-order valence-electron chi connectivity index (χ4n) is 3.07. The summed E-state index contributed by atoms with van der Waals surface area (Å²) in [6, 6.07) is 3.83. The second-order valence-electron chi connectivity index (χ2n) is 6.99. The average Bonchev–Trinajstić information content (AvgIpc) is 2.58. The van der Waals surface area contributed by atoms with Crippen LogP contribution in [0.5, 0.6) is 11.5 Å². The lowest BCUT2D eigenvalue weighted by Crippen LogP contribution is -2.45. The van der Waals surface area contributed by atoms with Gasteiger partial charge < -0.3 is 14.4 Å². The predicted octanol–water partition coefficient (Wildman–Crippen LogP) is 1.51. The van der Waals surface area contributed by atoms with E-state index in [0.29, 0.717) is 37.6 Å². The third kappa shape index (κ3) is 4.88. The van der Waals surface area contributed by atoms with Crippen LogP contribution in [0.2, 0.25) is 0 Å². The van der Waals surface area contributed by atoms with Crippen LogP contribution in [0.3, 0.4) is 0 Å². The minimum atomic E-state index is -3.42. The van der Waals surface area contributed by atoms with Crippen LogP contribution in [0.25, 0.3) is 0 Å². The van der Waals surface area contributed by atoms with Crippen molar-refractivity contribution in [3.8, 4) is 11.5 Å². The SMILES string of the molecule is COc1cc2c(cc1OC)CN(C(=O)CN(CC(C)C)S(C)(=O)=O)CC2. The van der Waals surface area contributed by atoms with Gasteiger partial charge in [0.2, 0.25) is 15.9 Å². The van der Waals surface area contributed by atoms with Crippen LogP contribution in [0.1, 0.15) is 25.0 Å². The number of amides is 1. The third-order valence-corrected chi connectivity index (χ3v) is 5.64. The molecule has 26 heavy (non-hydrogen) atoms. The second-order valence-corrected chi connectivity index (χ2v) is 8.97. The maximum absolute atomic E-state index is 12.7. The Morgan fingerprint density at radius 1 is 1.19 bits per heavy atom. The normalized spacial score (nSPS) is 14.5. The molecule has 7 nitrogen and oxygen atoms in total. The lowest BCUT2D eigenvalue weighted by Gasteiger charge is -2.31. The molecule has 0 N–H and O–H groups in total. The van der Waals surface area contributed by atoms with Crippen molar-refractivity contribution in [2.75, 3.05) is 40.1 Å². The van der Waals surface area contributed by atoms with Crippen LogP contribution in [0.4, 0.5) is 0 Å². The van der Waals surface area contributed by atoms with Crippen molar-refractivity contribution in [2.24, 2.45) is 5.92 Å². The Bertz CT molecular complexity index is 761. The fourth-order valence-corrected chi connectivity index (χ4v) is 3.99. The first kappa shape index (κ1) is 20.5. The van der Waals surface area contributed by atoms with Crippen molar-refractivity contribution in [1.82, 2.24) is 9.21 Å². The molecule has 0 spiro atoms. The van der Waals surface area contributed by atoms with Gasteiger partial charge in [-0.2, -0.15) is 4.31 Å². The first-order chi connectivity index (χ1) is 12.2. The molecule has 1 aromatic carbocycles. The molecule has 0 radical (unpaired) electrons. The van der Waals surface area contributed by atoms with E-state index in [2.05, 4.69) is 0 Å². The van der Waals surface area contributed by atoms with Crippen LogP contribution in [-0.2, 0) is 27.8 Å². The van der Waals surface area contributed by atoms with Gasteiger partial charge in [-0.05, 0) is 35.6 Å². The zero-order valence-corrected chi connectivity index (χ0v) is 16.9. The maximum atomic E-state index is 12.7. The predicted molar refractivity (Wildman–Crippen MR) is 99.9 cm³/mol. The van der Waals surface area contributed by atoms with Crippen LogP contribution in [-0.4, -0.2) is 63.6 Å². The molecule has 8 heteroatoms. The molecule has 0 atom stereocenters. The number of nitrogens with zero attached hydrogens (tertiary/aromatic N) is 2. The van der Waals surface area contributed by atoms with E-state index >= 15 is 0 Å². The van der Waals surface area contributed by atoms with Crippen LogP contribution >= 0.6 is 0 Å². The second kappa shape index (κ2) is 8.26. The molecule has 146 valence electrons. The molecule has 1 amide bonds. The molecule has 0 saturated heterocycles. The number of carbonyl (C=O) groups excluding carboxylic acids is 1. The summed E-state index contributed by atoms with van der Waals surface area (Å²) in [6.45, 7) is 5.06. The van der Waals surface area contributed by atoms with Gasteiger partial charge in [-0.3, -0.25) is 4.79 Å². The highest BCUT2D eigenvalue weighted by atomic mass is 32.2. The highest BCUT2D eigenvalue weighted by Gasteiger charge is 2.27. The Balaban J connectivity index is 2.15. The highest BCUT2D eigenvalue weighted by Crippen LogP contribution is 2.33. The quantitative estimate of drug-likeness (QED) is 0.712. The fraction of sp³-hybridized carbons (Fsp3) is 0.611. The summed E-state index contributed by atoms with van der Waals surface area (Å²) in [4.78, 5) is 14.4.